The first-order chi connectivity index (χ1) is 8.24. The first kappa shape index (κ1) is 12.6. The molecule has 1 saturated heterocycles. The van der Waals surface area contributed by atoms with Crippen molar-refractivity contribution in [1.29, 1.82) is 0 Å². The van der Waals surface area contributed by atoms with Gasteiger partial charge in [0.05, 0.1) is 12.0 Å². The van der Waals surface area contributed by atoms with Crippen LogP contribution in [0.3, 0.4) is 0 Å². The first-order valence-corrected chi connectivity index (χ1v) is 6.66. The maximum atomic E-state index is 4.32. The lowest BCUT2D eigenvalue weighted by Crippen LogP contribution is -2.41. The molecule has 1 aliphatic heterocycles. The molecule has 0 amide bonds. The Hall–Kier alpha value is -0.870. The molecule has 1 aliphatic rings. The molecule has 96 valence electrons. The zero-order valence-corrected chi connectivity index (χ0v) is 11.0. The fourth-order valence-corrected chi connectivity index (χ4v) is 2.43. The summed E-state index contributed by atoms with van der Waals surface area (Å²) in [5.41, 5.74) is 1.12. The van der Waals surface area contributed by atoms with E-state index in [4.69, 9.17) is 0 Å². The van der Waals surface area contributed by atoms with Crippen LogP contribution in [0.1, 0.15) is 31.9 Å². The number of nitrogens with one attached hydrogen (secondary N) is 1. The highest BCUT2D eigenvalue weighted by Gasteiger charge is 2.13. The van der Waals surface area contributed by atoms with Gasteiger partial charge in [0.15, 0.2) is 0 Å². The largest absolute Gasteiger partial charge is 0.340 e. The van der Waals surface area contributed by atoms with Crippen molar-refractivity contribution in [3.63, 3.8) is 0 Å². The molecule has 1 N–H and O–H groups in total. The van der Waals surface area contributed by atoms with Crippen molar-refractivity contribution in [2.24, 2.45) is 7.05 Å². The van der Waals surface area contributed by atoms with Gasteiger partial charge >= 0.3 is 0 Å². The summed E-state index contributed by atoms with van der Waals surface area (Å²) in [7, 11) is 2.01. The normalized spacial score (nSPS) is 19.4. The van der Waals surface area contributed by atoms with Crippen molar-refractivity contribution in [2.75, 3.05) is 19.6 Å². The minimum atomic E-state index is 0.537. The van der Waals surface area contributed by atoms with Gasteiger partial charge in [0.2, 0.25) is 0 Å². The van der Waals surface area contributed by atoms with Crippen LogP contribution in [0.15, 0.2) is 12.5 Å². The average Bonchev–Trinajstić information content (AvgIpc) is 2.74. The molecule has 1 unspecified atom stereocenters. The summed E-state index contributed by atoms with van der Waals surface area (Å²) in [6.07, 6.45) is 8.07. The molecule has 0 radical (unpaired) electrons. The second kappa shape index (κ2) is 6.17. The molecule has 0 saturated carbocycles. The Morgan fingerprint density at radius 2 is 2.12 bits per heavy atom. The summed E-state index contributed by atoms with van der Waals surface area (Å²) in [6.45, 7) is 6.84. The van der Waals surface area contributed by atoms with Crippen molar-refractivity contribution >= 4 is 0 Å². The number of aryl methyl sites for hydroxylation is 1. The topological polar surface area (TPSA) is 33.1 Å². The van der Waals surface area contributed by atoms with Gasteiger partial charge in [-0.05, 0) is 32.9 Å². The van der Waals surface area contributed by atoms with Gasteiger partial charge in [-0.1, -0.05) is 6.42 Å². The Morgan fingerprint density at radius 3 is 2.76 bits per heavy atom. The zero-order chi connectivity index (χ0) is 12.1. The van der Waals surface area contributed by atoms with E-state index in [-0.39, 0.29) is 0 Å². The highest BCUT2D eigenvalue weighted by atomic mass is 15.2. The second-order valence-corrected chi connectivity index (χ2v) is 5.17. The number of imidazole rings is 1. The van der Waals surface area contributed by atoms with Crippen molar-refractivity contribution in [3.05, 3.63) is 18.2 Å². The monoisotopic (exact) mass is 236 g/mol. The Labute approximate surface area is 104 Å². The van der Waals surface area contributed by atoms with Crippen LogP contribution >= 0.6 is 0 Å². The standard InChI is InChI=1S/C13H24N4/c1-12(9-17-6-4-3-5-7-17)14-8-13-10-16(2)11-15-13/h10-12,14H,3-9H2,1-2H3. The molecular formula is C13H24N4. The van der Waals surface area contributed by atoms with E-state index >= 15 is 0 Å². The summed E-state index contributed by atoms with van der Waals surface area (Å²) in [4.78, 5) is 6.89. The van der Waals surface area contributed by atoms with E-state index in [1.165, 1.54) is 32.4 Å². The number of rotatable bonds is 5. The molecule has 2 rings (SSSR count). The van der Waals surface area contributed by atoms with Gasteiger partial charge in [-0.15, -0.1) is 0 Å². The van der Waals surface area contributed by atoms with E-state index in [2.05, 4.69) is 28.3 Å². The van der Waals surface area contributed by atoms with E-state index in [0.717, 1.165) is 18.8 Å². The Balaban J connectivity index is 1.68. The molecule has 0 spiro atoms. The fourth-order valence-electron chi connectivity index (χ4n) is 2.43. The molecule has 0 bridgehead atoms. The SMILES string of the molecule is CC(CN1CCCCC1)NCc1cn(C)cn1. The van der Waals surface area contributed by atoms with E-state index in [1.807, 2.05) is 17.9 Å². The summed E-state index contributed by atoms with van der Waals surface area (Å²) in [5, 5.41) is 3.54. The Morgan fingerprint density at radius 1 is 1.35 bits per heavy atom. The lowest BCUT2D eigenvalue weighted by Gasteiger charge is -2.29. The van der Waals surface area contributed by atoms with Gasteiger partial charge < -0.3 is 14.8 Å². The van der Waals surface area contributed by atoms with E-state index in [0.29, 0.717) is 6.04 Å². The van der Waals surface area contributed by atoms with Crippen molar-refractivity contribution in [2.45, 2.75) is 38.8 Å². The lowest BCUT2D eigenvalue weighted by atomic mass is 10.1. The van der Waals surface area contributed by atoms with Crippen molar-refractivity contribution in [1.82, 2.24) is 19.8 Å². The van der Waals surface area contributed by atoms with E-state index in [1.54, 1.807) is 0 Å². The summed E-state index contributed by atoms with van der Waals surface area (Å²) in [6, 6.07) is 0.537. The van der Waals surface area contributed by atoms with Crippen LogP contribution in [0.4, 0.5) is 0 Å². The number of piperidine rings is 1. The van der Waals surface area contributed by atoms with Gasteiger partial charge in [0.1, 0.15) is 0 Å². The molecule has 4 heteroatoms. The van der Waals surface area contributed by atoms with Crippen molar-refractivity contribution < 1.29 is 0 Å². The van der Waals surface area contributed by atoms with Gasteiger partial charge in [0.25, 0.3) is 0 Å². The molecule has 4 nitrogen and oxygen atoms in total. The molecule has 0 aliphatic carbocycles. The van der Waals surface area contributed by atoms with Crippen LogP contribution < -0.4 is 5.32 Å². The Kier molecular flexibility index (Phi) is 4.57. The minimum Gasteiger partial charge on any atom is -0.340 e. The van der Waals surface area contributed by atoms with Gasteiger partial charge in [-0.3, -0.25) is 0 Å². The number of likely N-dealkylation sites (tertiary alicyclic amines) is 1. The summed E-state index contributed by atoms with van der Waals surface area (Å²) >= 11 is 0. The smallest absolute Gasteiger partial charge is 0.0947 e. The van der Waals surface area contributed by atoms with Gasteiger partial charge in [0, 0.05) is 32.4 Å². The minimum absolute atomic E-state index is 0.537. The third-order valence-electron chi connectivity index (χ3n) is 3.37. The van der Waals surface area contributed by atoms with E-state index < -0.39 is 0 Å². The van der Waals surface area contributed by atoms with Crippen LogP contribution in [-0.4, -0.2) is 40.1 Å². The zero-order valence-electron chi connectivity index (χ0n) is 11.0. The average molecular weight is 236 g/mol. The molecule has 0 aromatic carbocycles. The summed E-state index contributed by atoms with van der Waals surface area (Å²) in [5.74, 6) is 0. The Bertz CT molecular complexity index is 328. The van der Waals surface area contributed by atoms with Gasteiger partial charge in [-0.2, -0.15) is 0 Å². The van der Waals surface area contributed by atoms with E-state index in [9.17, 15) is 0 Å². The molecule has 1 aromatic heterocycles. The lowest BCUT2D eigenvalue weighted by molar-refractivity contribution is 0.208. The van der Waals surface area contributed by atoms with Crippen molar-refractivity contribution in [3.8, 4) is 0 Å². The molecule has 1 fully saturated rings. The summed E-state index contributed by atoms with van der Waals surface area (Å²) < 4.78 is 1.99. The third kappa shape index (κ3) is 4.13. The first-order valence-electron chi connectivity index (χ1n) is 6.66. The fraction of sp³-hybridized carbons (Fsp3) is 0.769. The predicted octanol–water partition coefficient (Wildman–Crippen LogP) is 1.38. The second-order valence-electron chi connectivity index (χ2n) is 5.17. The van der Waals surface area contributed by atoms with Crippen LogP contribution in [0.5, 0.6) is 0 Å². The number of hydrogen-bond donors (Lipinski definition) is 1. The molecule has 1 atom stereocenters. The quantitative estimate of drug-likeness (QED) is 0.838. The number of hydrogen-bond acceptors (Lipinski definition) is 3. The molecular weight excluding hydrogens is 212 g/mol. The van der Waals surface area contributed by atoms with Crippen LogP contribution in [0.2, 0.25) is 0 Å². The van der Waals surface area contributed by atoms with Crippen LogP contribution in [-0.2, 0) is 13.6 Å². The van der Waals surface area contributed by atoms with Gasteiger partial charge in [-0.25, -0.2) is 4.98 Å². The molecule has 2 heterocycles. The third-order valence-corrected chi connectivity index (χ3v) is 3.37. The predicted molar refractivity (Wildman–Crippen MR) is 69.8 cm³/mol. The molecule has 17 heavy (non-hydrogen) atoms. The maximum Gasteiger partial charge on any atom is 0.0947 e. The van der Waals surface area contributed by atoms with Crippen LogP contribution in [0.25, 0.3) is 0 Å². The number of aromatic nitrogens is 2. The highest BCUT2D eigenvalue weighted by molar-refractivity contribution is 4.95. The molecule has 1 aromatic rings. The highest BCUT2D eigenvalue weighted by Crippen LogP contribution is 2.08. The van der Waals surface area contributed by atoms with Crippen LogP contribution in [0, 0.1) is 0 Å². The maximum absolute atomic E-state index is 4.32. The number of nitrogens with zero attached hydrogens (tertiary/aromatic N) is 3.